The SMILES string of the molecule is NC1CCN(c2cccc3ncnn23)CC1. The largest absolute Gasteiger partial charge is 0.356 e. The van der Waals surface area contributed by atoms with E-state index in [0.717, 1.165) is 37.4 Å². The maximum absolute atomic E-state index is 5.91. The molecule has 1 fully saturated rings. The van der Waals surface area contributed by atoms with Gasteiger partial charge in [0.2, 0.25) is 0 Å². The van der Waals surface area contributed by atoms with Crippen LogP contribution < -0.4 is 10.6 Å². The fourth-order valence-corrected chi connectivity index (χ4v) is 2.20. The van der Waals surface area contributed by atoms with E-state index in [0.29, 0.717) is 6.04 Å². The van der Waals surface area contributed by atoms with Crippen LogP contribution in [-0.2, 0) is 0 Å². The highest BCUT2D eigenvalue weighted by molar-refractivity contribution is 5.50. The van der Waals surface area contributed by atoms with E-state index in [1.807, 2.05) is 16.6 Å². The zero-order chi connectivity index (χ0) is 11.0. The molecule has 0 saturated carbocycles. The van der Waals surface area contributed by atoms with Crippen LogP contribution in [0, 0.1) is 0 Å². The van der Waals surface area contributed by atoms with E-state index < -0.39 is 0 Å². The maximum Gasteiger partial charge on any atom is 0.157 e. The monoisotopic (exact) mass is 217 g/mol. The molecule has 5 nitrogen and oxygen atoms in total. The molecular formula is C11H15N5. The molecule has 3 heterocycles. The predicted octanol–water partition coefficient (Wildman–Crippen LogP) is 0.657. The minimum absolute atomic E-state index is 0.353. The molecule has 0 aromatic carbocycles. The highest BCUT2D eigenvalue weighted by Crippen LogP contribution is 2.19. The summed E-state index contributed by atoms with van der Waals surface area (Å²) in [6.45, 7) is 2.00. The number of pyridine rings is 1. The minimum Gasteiger partial charge on any atom is -0.356 e. The number of hydrogen-bond acceptors (Lipinski definition) is 4. The summed E-state index contributed by atoms with van der Waals surface area (Å²) in [4.78, 5) is 6.51. The summed E-state index contributed by atoms with van der Waals surface area (Å²) in [6.07, 6.45) is 3.69. The van der Waals surface area contributed by atoms with Gasteiger partial charge in [-0.15, -0.1) is 0 Å². The van der Waals surface area contributed by atoms with Gasteiger partial charge in [-0.3, -0.25) is 0 Å². The Morgan fingerprint density at radius 1 is 1.25 bits per heavy atom. The first-order chi connectivity index (χ1) is 7.84. The summed E-state index contributed by atoms with van der Waals surface area (Å²) >= 11 is 0. The second kappa shape index (κ2) is 3.75. The summed E-state index contributed by atoms with van der Waals surface area (Å²) in [5.41, 5.74) is 6.80. The predicted molar refractivity (Wildman–Crippen MR) is 62.4 cm³/mol. The molecule has 0 bridgehead atoms. The number of nitrogens with zero attached hydrogens (tertiary/aromatic N) is 4. The minimum atomic E-state index is 0.353. The third-order valence-electron chi connectivity index (χ3n) is 3.15. The van der Waals surface area contributed by atoms with Gasteiger partial charge in [0.05, 0.1) is 0 Å². The van der Waals surface area contributed by atoms with Crippen LogP contribution in [0.2, 0.25) is 0 Å². The van der Waals surface area contributed by atoms with Crippen molar-refractivity contribution in [2.45, 2.75) is 18.9 Å². The third kappa shape index (κ3) is 1.53. The average Bonchev–Trinajstić information content (AvgIpc) is 2.78. The Balaban J connectivity index is 1.96. The topological polar surface area (TPSA) is 59.5 Å². The molecule has 0 unspecified atom stereocenters. The van der Waals surface area contributed by atoms with E-state index in [1.165, 1.54) is 0 Å². The summed E-state index contributed by atoms with van der Waals surface area (Å²) in [5.74, 6) is 1.11. The Morgan fingerprint density at radius 2 is 2.06 bits per heavy atom. The summed E-state index contributed by atoms with van der Waals surface area (Å²) < 4.78 is 1.89. The van der Waals surface area contributed by atoms with Crippen LogP contribution in [0.25, 0.3) is 5.65 Å². The van der Waals surface area contributed by atoms with Gasteiger partial charge in [-0.2, -0.15) is 9.61 Å². The normalized spacial score (nSPS) is 18.2. The molecule has 0 aliphatic carbocycles. The molecule has 0 radical (unpaired) electrons. The standard InChI is InChI=1S/C11H15N5/c12-9-4-6-15(7-5-9)11-3-1-2-10-13-8-14-16(10)11/h1-3,8-9H,4-7,12H2. The van der Waals surface area contributed by atoms with Crippen LogP contribution in [0.3, 0.4) is 0 Å². The Hall–Kier alpha value is -1.62. The molecular weight excluding hydrogens is 202 g/mol. The first kappa shape index (κ1) is 9.59. The van der Waals surface area contributed by atoms with Crippen LogP contribution in [0.4, 0.5) is 5.82 Å². The fourth-order valence-electron chi connectivity index (χ4n) is 2.20. The van der Waals surface area contributed by atoms with Crippen molar-refractivity contribution in [1.82, 2.24) is 14.6 Å². The highest BCUT2D eigenvalue weighted by atomic mass is 15.4. The lowest BCUT2D eigenvalue weighted by atomic mass is 10.1. The van der Waals surface area contributed by atoms with Crippen molar-refractivity contribution in [2.75, 3.05) is 18.0 Å². The molecule has 1 aliphatic heterocycles. The zero-order valence-corrected chi connectivity index (χ0v) is 9.08. The quantitative estimate of drug-likeness (QED) is 0.762. The van der Waals surface area contributed by atoms with E-state index in [4.69, 9.17) is 5.73 Å². The van der Waals surface area contributed by atoms with Gasteiger partial charge in [0.15, 0.2) is 5.65 Å². The molecule has 0 amide bonds. The lowest BCUT2D eigenvalue weighted by molar-refractivity contribution is 0.496. The maximum atomic E-state index is 5.91. The number of nitrogens with two attached hydrogens (primary N) is 1. The number of fused-ring (bicyclic) bond motifs is 1. The van der Waals surface area contributed by atoms with Gasteiger partial charge in [0.1, 0.15) is 12.1 Å². The third-order valence-corrected chi connectivity index (χ3v) is 3.15. The molecule has 2 N–H and O–H groups in total. The van der Waals surface area contributed by atoms with Crippen LogP contribution >= 0.6 is 0 Å². The Kier molecular flexibility index (Phi) is 2.25. The molecule has 0 atom stereocenters. The van der Waals surface area contributed by atoms with Crippen molar-refractivity contribution < 1.29 is 0 Å². The molecule has 0 spiro atoms. The number of piperidine rings is 1. The second-order valence-electron chi connectivity index (χ2n) is 4.24. The van der Waals surface area contributed by atoms with Crippen molar-refractivity contribution in [1.29, 1.82) is 0 Å². The molecule has 2 aromatic heterocycles. The Morgan fingerprint density at radius 3 is 2.88 bits per heavy atom. The van der Waals surface area contributed by atoms with Crippen molar-refractivity contribution in [3.8, 4) is 0 Å². The van der Waals surface area contributed by atoms with E-state index >= 15 is 0 Å². The van der Waals surface area contributed by atoms with Gasteiger partial charge in [-0.1, -0.05) is 6.07 Å². The van der Waals surface area contributed by atoms with Crippen LogP contribution in [0.15, 0.2) is 24.5 Å². The van der Waals surface area contributed by atoms with Crippen molar-refractivity contribution in [2.24, 2.45) is 5.73 Å². The fraction of sp³-hybridized carbons (Fsp3) is 0.455. The lowest BCUT2D eigenvalue weighted by Crippen LogP contribution is -2.40. The molecule has 16 heavy (non-hydrogen) atoms. The second-order valence-corrected chi connectivity index (χ2v) is 4.24. The van der Waals surface area contributed by atoms with Crippen molar-refractivity contribution >= 4 is 11.5 Å². The summed E-state index contributed by atoms with van der Waals surface area (Å²) in [5, 5.41) is 4.25. The molecule has 1 saturated heterocycles. The molecule has 1 aliphatic rings. The Labute approximate surface area is 93.9 Å². The van der Waals surface area contributed by atoms with Gasteiger partial charge >= 0.3 is 0 Å². The average molecular weight is 217 g/mol. The van der Waals surface area contributed by atoms with Crippen molar-refractivity contribution in [3.05, 3.63) is 24.5 Å². The van der Waals surface area contributed by atoms with Crippen LogP contribution in [0.1, 0.15) is 12.8 Å². The molecule has 2 aromatic rings. The highest BCUT2D eigenvalue weighted by Gasteiger charge is 2.18. The van der Waals surface area contributed by atoms with E-state index in [9.17, 15) is 0 Å². The van der Waals surface area contributed by atoms with E-state index in [2.05, 4.69) is 21.0 Å². The van der Waals surface area contributed by atoms with Gasteiger partial charge in [-0.05, 0) is 25.0 Å². The molecule has 3 rings (SSSR count). The molecule has 5 heteroatoms. The van der Waals surface area contributed by atoms with Gasteiger partial charge < -0.3 is 10.6 Å². The number of hydrogen-bond donors (Lipinski definition) is 1. The van der Waals surface area contributed by atoms with E-state index in [-0.39, 0.29) is 0 Å². The van der Waals surface area contributed by atoms with Gasteiger partial charge in [0.25, 0.3) is 0 Å². The van der Waals surface area contributed by atoms with Gasteiger partial charge in [-0.25, -0.2) is 4.98 Å². The summed E-state index contributed by atoms with van der Waals surface area (Å²) in [6, 6.07) is 6.42. The number of aromatic nitrogens is 3. The smallest absolute Gasteiger partial charge is 0.157 e. The number of rotatable bonds is 1. The van der Waals surface area contributed by atoms with Crippen molar-refractivity contribution in [3.63, 3.8) is 0 Å². The zero-order valence-electron chi connectivity index (χ0n) is 9.08. The van der Waals surface area contributed by atoms with Crippen LogP contribution in [0.5, 0.6) is 0 Å². The first-order valence-electron chi connectivity index (χ1n) is 5.64. The lowest BCUT2D eigenvalue weighted by Gasteiger charge is -2.31. The number of anilines is 1. The summed E-state index contributed by atoms with van der Waals surface area (Å²) in [7, 11) is 0. The van der Waals surface area contributed by atoms with Crippen LogP contribution in [-0.4, -0.2) is 33.7 Å². The van der Waals surface area contributed by atoms with Gasteiger partial charge in [0, 0.05) is 19.1 Å². The van der Waals surface area contributed by atoms with E-state index in [1.54, 1.807) is 6.33 Å². The first-order valence-corrected chi connectivity index (χ1v) is 5.64. The Bertz CT molecular complexity index is 484. The molecule has 84 valence electrons.